The maximum Gasteiger partial charge on any atom is 0.407 e. The molecule has 0 aromatic rings. The van der Waals surface area contributed by atoms with Gasteiger partial charge in [0.25, 0.3) is 0 Å². The van der Waals surface area contributed by atoms with Crippen molar-refractivity contribution in [3.63, 3.8) is 0 Å². The molecule has 0 bridgehead atoms. The Morgan fingerprint density at radius 3 is 2.14 bits per heavy atom. The maximum absolute atomic E-state index is 10.6. The summed E-state index contributed by atoms with van der Waals surface area (Å²) in [6.07, 6.45) is 1.37. The van der Waals surface area contributed by atoms with Crippen molar-refractivity contribution in [3.05, 3.63) is 0 Å². The van der Waals surface area contributed by atoms with Crippen LogP contribution in [0.5, 0.6) is 0 Å². The largest absolute Gasteiger partial charge is 0.453 e. The molecule has 0 aromatic carbocycles. The van der Waals surface area contributed by atoms with E-state index in [4.69, 9.17) is 0 Å². The molecule has 0 aliphatic heterocycles. The van der Waals surface area contributed by atoms with Gasteiger partial charge in [0.15, 0.2) is 0 Å². The summed E-state index contributed by atoms with van der Waals surface area (Å²) in [5.41, 5.74) is 0. The van der Waals surface area contributed by atoms with Gasteiger partial charge >= 0.3 is 6.09 Å². The molecule has 4 nitrogen and oxygen atoms in total. The van der Waals surface area contributed by atoms with Crippen molar-refractivity contribution in [1.29, 1.82) is 0 Å². The third-order valence-electron chi connectivity index (χ3n) is 1.33. The smallest absolute Gasteiger partial charge is 0.407 e. The van der Waals surface area contributed by atoms with E-state index in [9.17, 15) is 9.59 Å². The van der Waals surface area contributed by atoms with Crippen LogP contribution < -0.4 is 5.32 Å². The molecule has 0 rings (SSSR count). The molecule has 1 N–H and O–H groups in total. The summed E-state index contributed by atoms with van der Waals surface area (Å²) in [6.45, 7) is 7.93. The third kappa shape index (κ3) is 9.03. The van der Waals surface area contributed by atoms with Gasteiger partial charge in [-0.25, -0.2) is 4.79 Å². The molecule has 86 valence electrons. The molecule has 0 radical (unpaired) electrons. The summed E-state index contributed by atoms with van der Waals surface area (Å²) in [5.74, 6) is 0.0894. The van der Waals surface area contributed by atoms with Crippen molar-refractivity contribution in [2.75, 3.05) is 7.11 Å². The average Bonchev–Trinajstić information content (AvgIpc) is 2.14. The highest BCUT2D eigenvalue weighted by molar-refractivity contribution is 5.73. The molecule has 1 atom stereocenters. The Labute approximate surface area is 87.5 Å². The van der Waals surface area contributed by atoms with Gasteiger partial charge in [-0.2, -0.15) is 0 Å². The predicted octanol–water partition coefficient (Wildman–Crippen LogP) is 2.23. The Kier molecular flexibility index (Phi) is 11.0. The highest BCUT2D eigenvalue weighted by atomic mass is 16.5. The number of alkyl carbamates (subject to hydrolysis) is 1. The van der Waals surface area contributed by atoms with E-state index in [1.807, 2.05) is 13.8 Å². The Morgan fingerprint density at radius 2 is 1.93 bits per heavy atom. The van der Waals surface area contributed by atoms with Crippen molar-refractivity contribution in [3.8, 4) is 0 Å². The number of ether oxygens (including phenoxy) is 1. The first kappa shape index (κ1) is 15.4. The first-order chi connectivity index (χ1) is 6.53. The molecule has 0 heterocycles. The number of nitrogens with one attached hydrogen (secondary N) is 1. The van der Waals surface area contributed by atoms with E-state index >= 15 is 0 Å². The molecule has 4 heteroatoms. The summed E-state index contributed by atoms with van der Waals surface area (Å²) >= 11 is 0. The molecule has 0 saturated carbocycles. The third-order valence-corrected chi connectivity index (χ3v) is 1.33. The zero-order chi connectivity index (χ0) is 11.6. The van der Waals surface area contributed by atoms with Crippen molar-refractivity contribution in [1.82, 2.24) is 5.32 Å². The Morgan fingerprint density at radius 1 is 1.50 bits per heavy atom. The van der Waals surface area contributed by atoms with Crippen molar-refractivity contribution >= 4 is 12.4 Å². The number of methoxy groups -OCH3 is 1. The van der Waals surface area contributed by atoms with E-state index in [0.717, 1.165) is 0 Å². The molecule has 0 aliphatic rings. The summed E-state index contributed by atoms with van der Waals surface area (Å²) in [7, 11) is 1.26. The minimum absolute atomic E-state index is 0. The van der Waals surface area contributed by atoms with Gasteiger partial charge in [0, 0.05) is 1.43 Å². The summed E-state index contributed by atoms with van der Waals surface area (Å²) in [4.78, 5) is 20.9. The first-order valence-electron chi connectivity index (χ1n) is 4.83. The average molecular weight is 205 g/mol. The van der Waals surface area contributed by atoms with E-state index in [1.54, 1.807) is 0 Å². The summed E-state index contributed by atoms with van der Waals surface area (Å²) in [5, 5.41) is 2.39. The van der Waals surface area contributed by atoms with Crippen LogP contribution in [0.1, 0.15) is 35.5 Å². The van der Waals surface area contributed by atoms with E-state index in [-0.39, 0.29) is 7.34 Å². The molecule has 0 saturated heterocycles. The van der Waals surface area contributed by atoms with Crippen LogP contribution in [0, 0.1) is 5.92 Å². The highest BCUT2D eigenvalue weighted by Gasteiger charge is 2.14. The SMILES string of the molecule is CCC.COC(=O)N[C@H](C=O)C(C)C.[HH]. The van der Waals surface area contributed by atoms with Crippen LogP contribution >= 0.6 is 0 Å². The van der Waals surface area contributed by atoms with Gasteiger partial charge < -0.3 is 14.8 Å². The number of hydrogen-bond donors (Lipinski definition) is 1. The number of amides is 1. The van der Waals surface area contributed by atoms with Gasteiger partial charge in [0.2, 0.25) is 0 Å². The molecule has 0 unspecified atom stereocenters. The van der Waals surface area contributed by atoms with Crippen LogP contribution in [0.3, 0.4) is 0 Å². The Hall–Kier alpha value is -1.06. The fourth-order valence-corrected chi connectivity index (χ4v) is 0.553. The lowest BCUT2D eigenvalue weighted by Gasteiger charge is -2.14. The molecule has 0 fully saturated rings. The predicted molar refractivity (Wildman–Crippen MR) is 58.3 cm³/mol. The molecule has 0 aromatic heterocycles. The molecular formula is C10H23NO3. The lowest BCUT2D eigenvalue weighted by Crippen LogP contribution is -2.39. The van der Waals surface area contributed by atoms with Crippen molar-refractivity contribution < 1.29 is 15.8 Å². The number of aldehydes is 1. The van der Waals surface area contributed by atoms with Crippen molar-refractivity contribution in [2.45, 2.75) is 40.2 Å². The zero-order valence-electron chi connectivity index (χ0n) is 9.66. The molecule has 0 aliphatic carbocycles. The van der Waals surface area contributed by atoms with Crippen LogP contribution in [0.15, 0.2) is 0 Å². The fourth-order valence-electron chi connectivity index (χ4n) is 0.553. The van der Waals surface area contributed by atoms with Gasteiger partial charge in [-0.15, -0.1) is 0 Å². The number of carbonyl (C=O) groups is 2. The second kappa shape index (κ2) is 10.0. The van der Waals surface area contributed by atoms with Crippen LogP contribution in [0.4, 0.5) is 4.79 Å². The maximum atomic E-state index is 10.6. The highest BCUT2D eigenvalue weighted by Crippen LogP contribution is 1.97. The zero-order valence-corrected chi connectivity index (χ0v) is 9.66. The Bertz CT molecular complexity index is 163. The van der Waals surface area contributed by atoms with Gasteiger partial charge in [0.1, 0.15) is 6.29 Å². The number of carbonyl (C=O) groups excluding carboxylic acids is 2. The fraction of sp³-hybridized carbons (Fsp3) is 0.800. The summed E-state index contributed by atoms with van der Waals surface area (Å²) in [6, 6.07) is -0.456. The van der Waals surface area contributed by atoms with E-state index in [0.29, 0.717) is 6.29 Å². The lowest BCUT2D eigenvalue weighted by atomic mass is 10.1. The topological polar surface area (TPSA) is 55.4 Å². The Balaban J connectivity index is -0.000000320. The molecule has 14 heavy (non-hydrogen) atoms. The second-order valence-corrected chi connectivity index (χ2v) is 3.25. The standard InChI is InChI=1S/C7H13NO3.C3H8.H2/c1-5(2)6(4-9)8-7(10)11-3;1-3-2;/h4-6H,1-3H3,(H,8,10);3H2,1-2H3;1H/t6-;;/m1../s1. The van der Waals surface area contributed by atoms with E-state index < -0.39 is 12.1 Å². The number of rotatable bonds is 3. The quantitative estimate of drug-likeness (QED) is 0.719. The van der Waals surface area contributed by atoms with Gasteiger partial charge in [-0.3, -0.25) is 0 Å². The van der Waals surface area contributed by atoms with Crippen LogP contribution in [0.25, 0.3) is 0 Å². The number of hydrogen-bond acceptors (Lipinski definition) is 3. The molecule has 0 spiro atoms. The lowest BCUT2D eigenvalue weighted by molar-refractivity contribution is -0.110. The van der Waals surface area contributed by atoms with Crippen molar-refractivity contribution in [2.24, 2.45) is 5.92 Å². The first-order valence-corrected chi connectivity index (χ1v) is 4.83. The van der Waals surface area contributed by atoms with E-state index in [1.165, 1.54) is 13.5 Å². The van der Waals surface area contributed by atoms with Crippen LogP contribution in [-0.4, -0.2) is 25.5 Å². The molecular weight excluding hydrogens is 182 g/mol. The minimum Gasteiger partial charge on any atom is -0.453 e. The van der Waals surface area contributed by atoms with Gasteiger partial charge in [-0.1, -0.05) is 34.1 Å². The van der Waals surface area contributed by atoms with Crippen LogP contribution in [-0.2, 0) is 9.53 Å². The van der Waals surface area contributed by atoms with Gasteiger partial charge in [-0.05, 0) is 5.92 Å². The normalized spacial score (nSPS) is 11.0. The molecule has 1 amide bonds. The summed E-state index contributed by atoms with van der Waals surface area (Å²) < 4.78 is 4.32. The second-order valence-electron chi connectivity index (χ2n) is 3.25. The monoisotopic (exact) mass is 205 g/mol. The minimum atomic E-state index is -0.573. The van der Waals surface area contributed by atoms with E-state index in [2.05, 4.69) is 23.9 Å². The van der Waals surface area contributed by atoms with Crippen LogP contribution in [0.2, 0.25) is 0 Å². The van der Waals surface area contributed by atoms with Gasteiger partial charge in [0.05, 0.1) is 13.2 Å².